The van der Waals surface area contributed by atoms with Gasteiger partial charge in [0, 0.05) is 17.1 Å². The first-order valence-corrected chi connectivity index (χ1v) is 7.05. The lowest BCUT2D eigenvalue weighted by Crippen LogP contribution is -2.10. The lowest BCUT2D eigenvalue weighted by molar-refractivity contribution is 0.0819. The first-order chi connectivity index (χ1) is 8.50. The van der Waals surface area contributed by atoms with E-state index in [1.807, 2.05) is 25.1 Å². The Morgan fingerprint density at radius 3 is 2.50 bits per heavy atom. The van der Waals surface area contributed by atoms with Crippen LogP contribution in [0.3, 0.4) is 0 Å². The standard InChI is InChI=1S/C14H22BrNO2/c1-10(2)9-17-6-7-18-12-4-5-13(11(3)16)14(15)8-12/h4-5,8,10-11H,6-7,9,16H2,1-3H3/t11-/m1/s1. The third-order valence-electron chi connectivity index (χ3n) is 2.41. The van der Waals surface area contributed by atoms with E-state index in [1.54, 1.807) is 0 Å². The molecule has 0 aliphatic heterocycles. The van der Waals surface area contributed by atoms with Crippen molar-refractivity contribution < 1.29 is 9.47 Å². The van der Waals surface area contributed by atoms with Gasteiger partial charge in [-0.3, -0.25) is 0 Å². The van der Waals surface area contributed by atoms with Gasteiger partial charge in [-0.15, -0.1) is 0 Å². The highest BCUT2D eigenvalue weighted by atomic mass is 79.9. The van der Waals surface area contributed by atoms with Crippen LogP contribution in [0.1, 0.15) is 32.4 Å². The lowest BCUT2D eigenvalue weighted by Gasteiger charge is -2.12. The van der Waals surface area contributed by atoms with E-state index in [2.05, 4.69) is 29.8 Å². The second-order valence-electron chi connectivity index (χ2n) is 4.79. The van der Waals surface area contributed by atoms with Gasteiger partial charge >= 0.3 is 0 Å². The van der Waals surface area contributed by atoms with Gasteiger partial charge in [0.2, 0.25) is 0 Å². The Morgan fingerprint density at radius 1 is 1.22 bits per heavy atom. The summed E-state index contributed by atoms with van der Waals surface area (Å²) >= 11 is 3.50. The van der Waals surface area contributed by atoms with E-state index in [0.29, 0.717) is 19.1 Å². The molecule has 0 saturated carbocycles. The fourth-order valence-corrected chi connectivity index (χ4v) is 2.22. The van der Waals surface area contributed by atoms with Crippen LogP contribution in [0, 0.1) is 5.92 Å². The highest BCUT2D eigenvalue weighted by Gasteiger charge is 2.06. The number of ether oxygens (including phenoxy) is 2. The molecule has 2 N–H and O–H groups in total. The molecule has 1 atom stereocenters. The maximum atomic E-state index is 5.84. The first kappa shape index (κ1) is 15.5. The molecular formula is C14H22BrNO2. The van der Waals surface area contributed by atoms with Crippen LogP contribution in [-0.2, 0) is 4.74 Å². The first-order valence-electron chi connectivity index (χ1n) is 6.26. The van der Waals surface area contributed by atoms with Crippen molar-refractivity contribution >= 4 is 15.9 Å². The SMILES string of the molecule is CC(C)COCCOc1ccc([C@@H](C)N)c(Br)c1. The number of hydrogen-bond acceptors (Lipinski definition) is 3. The fourth-order valence-electron chi connectivity index (χ4n) is 1.50. The predicted molar refractivity (Wildman–Crippen MR) is 77.9 cm³/mol. The third kappa shape index (κ3) is 5.38. The molecule has 102 valence electrons. The van der Waals surface area contributed by atoms with Crippen molar-refractivity contribution in [2.75, 3.05) is 19.8 Å². The minimum atomic E-state index is 0.0165. The van der Waals surface area contributed by atoms with E-state index >= 15 is 0 Å². The van der Waals surface area contributed by atoms with Crippen molar-refractivity contribution in [2.24, 2.45) is 11.7 Å². The minimum Gasteiger partial charge on any atom is -0.491 e. The largest absolute Gasteiger partial charge is 0.491 e. The summed E-state index contributed by atoms with van der Waals surface area (Å²) in [5.74, 6) is 1.39. The Morgan fingerprint density at radius 2 is 1.94 bits per heavy atom. The summed E-state index contributed by atoms with van der Waals surface area (Å²) < 4.78 is 12.0. The zero-order chi connectivity index (χ0) is 13.5. The van der Waals surface area contributed by atoms with E-state index < -0.39 is 0 Å². The summed E-state index contributed by atoms with van der Waals surface area (Å²) in [7, 11) is 0. The second-order valence-corrected chi connectivity index (χ2v) is 5.64. The monoisotopic (exact) mass is 315 g/mol. The molecule has 1 aromatic rings. The van der Waals surface area contributed by atoms with Gasteiger partial charge in [0.15, 0.2) is 0 Å². The maximum absolute atomic E-state index is 5.84. The molecular weight excluding hydrogens is 294 g/mol. The average Bonchev–Trinajstić information content (AvgIpc) is 2.27. The Bertz CT molecular complexity index is 367. The molecule has 1 aromatic carbocycles. The highest BCUT2D eigenvalue weighted by Crippen LogP contribution is 2.26. The van der Waals surface area contributed by atoms with Crippen LogP contribution in [0.15, 0.2) is 22.7 Å². The summed E-state index contributed by atoms with van der Waals surface area (Å²) in [5, 5.41) is 0. The lowest BCUT2D eigenvalue weighted by atomic mass is 10.1. The highest BCUT2D eigenvalue weighted by molar-refractivity contribution is 9.10. The molecule has 0 aromatic heterocycles. The Kier molecular flexibility index (Phi) is 6.68. The topological polar surface area (TPSA) is 44.5 Å². The van der Waals surface area contributed by atoms with Crippen molar-refractivity contribution in [3.05, 3.63) is 28.2 Å². The normalized spacial score (nSPS) is 12.8. The van der Waals surface area contributed by atoms with Crippen LogP contribution in [0.25, 0.3) is 0 Å². The van der Waals surface area contributed by atoms with Gasteiger partial charge in [-0.2, -0.15) is 0 Å². The zero-order valence-corrected chi connectivity index (χ0v) is 12.9. The quantitative estimate of drug-likeness (QED) is 0.783. The van der Waals surface area contributed by atoms with Gasteiger partial charge in [0.25, 0.3) is 0 Å². The van der Waals surface area contributed by atoms with Crippen LogP contribution in [0.4, 0.5) is 0 Å². The Balaban J connectivity index is 2.37. The van der Waals surface area contributed by atoms with Crippen molar-refractivity contribution in [3.63, 3.8) is 0 Å². The number of rotatable bonds is 7. The van der Waals surface area contributed by atoms with E-state index in [4.69, 9.17) is 15.2 Å². The smallest absolute Gasteiger partial charge is 0.120 e. The minimum absolute atomic E-state index is 0.0165. The van der Waals surface area contributed by atoms with E-state index in [-0.39, 0.29) is 6.04 Å². The molecule has 0 aliphatic carbocycles. The van der Waals surface area contributed by atoms with E-state index in [0.717, 1.165) is 22.4 Å². The molecule has 1 rings (SSSR count). The van der Waals surface area contributed by atoms with Crippen LogP contribution in [0.5, 0.6) is 5.75 Å². The molecule has 0 fully saturated rings. The summed E-state index contributed by atoms with van der Waals surface area (Å²) in [6, 6.07) is 5.88. The van der Waals surface area contributed by atoms with Crippen molar-refractivity contribution in [1.29, 1.82) is 0 Å². The van der Waals surface area contributed by atoms with Gasteiger partial charge in [0.1, 0.15) is 12.4 Å². The summed E-state index contributed by atoms with van der Waals surface area (Å²) in [5.41, 5.74) is 6.92. The fraction of sp³-hybridized carbons (Fsp3) is 0.571. The molecule has 0 unspecified atom stereocenters. The average molecular weight is 316 g/mol. The number of halogens is 1. The van der Waals surface area contributed by atoms with Crippen LogP contribution >= 0.6 is 15.9 Å². The van der Waals surface area contributed by atoms with Crippen LogP contribution in [0.2, 0.25) is 0 Å². The number of hydrogen-bond donors (Lipinski definition) is 1. The molecule has 0 radical (unpaired) electrons. The van der Waals surface area contributed by atoms with Crippen molar-refractivity contribution in [3.8, 4) is 5.75 Å². The van der Waals surface area contributed by atoms with Gasteiger partial charge in [-0.1, -0.05) is 35.8 Å². The zero-order valence-electron chi connectivity index (χ0n) is 11.3. The summed E-state index contributed by atoms with van der Waals surface area (Å²) in [6.07, 6.45) is 0. The van der Waals surface area contributed by atoms with E-state index in [1.165, 1.54) is 0 Å². The molecule has 0 amide bonds. The van der Waals surface area contributed by atoms with Crippen molar-refractivity contribution in [2.45, 2.75) is 26.8 Å². The van der Waals surface area contributed by atoms with Gasteiger partial charge in [-0.25, -0.2) is 0 Å². The van der Waals surface area contributed by atoms with Gasteiger partial charge < -0.3 is 15.2 Å². The predicted octanol–water partition coefficient (Wildman–Crippen LogP) is 3.52. The number of benzene rings is 1. The molecule has 0 saturated heterocycles. The molecule has 0 heterocycles. The Labute approximate surface area is 118 Å². The summed E-state index contributed by atoms with van der Waals surface area (Å²) in [4.78, 5) is 0. The molecule has 4 heteroatoms. The second kappa shape index (κ2) is 7.77. The molecule has 0 aliphatic rings. The van der Waals surface area contributed by atoms with Gasteiger partial charge in [0.05, 0.1) is 6.61 Å². The Hall–Kier alpha value is -0.580. The molecule has 18 heavy (non-hydrogen) atoms. The molecule has 3 nitrogen and oxygen atoms in total. The van der Waals surface area contributed by atoms with Crippen LogP contribution < -0.4 is 10.5 Å². The van der Waals surface area contributed by atoms with Crippen molar-refractivity contribution in [1.82, 2.24) is 0 Å². The van der Waals surface area contributed by atoms with Gasteiger partial charge in [-0.05, 0) is 30.5 Å². The maximum Gasteiger partial charge on any atom is 0.120 e. The van der Waals surface area contributed by atoms with E-state index in [9.17, 15) is 0 Å². The number of nitrogens with two attached hydrogens (primary N) is 1. The third-order valence-corrected chi connectivity index (χ3v) is 3.10. The summed E-state index contributed by atoms with van der Waals surface area (Å²) in [6.45, 7) is 8.17. The molecule has 0 spiro atoms. The molecule has 0 bridgehead atoms. The van der Waals surface area contributed by atoms with Crippen LogP contribution in [-0.4, -0.2) is 19.8 Å².